The zero-order valence-electron chi connectivity index (χ0n) is 6.85. The Hall–Kier alpha value is 0.110. The number of nitrogens with one attached hydrogen (secondary N) is 1. The fourth-order valence-corrected chi connectivity index (χ4v) is 2.24. The first-order valence-electron chi connectivity index (χ1n) is 4.30. The maximum Gasteiger partial charge on any atom is 0.251 e. The highest BCUT2D eigenvalue weighted by Gasteiger charge is 2.42. The summed E-state index contributed by atoms with van der Waals surface area (Å²) in [5.41, 5.74) is 0. The van der Waals surface area contributed by atoms with Gasteiger partial charge in [0, 0.05) is 24.9 Å². The zero-order valence-corrected chi connectivity index (χ0v) is 7.67. The van der Waals surface area contributed by atoms with E-state index in [2.05, 4.69) is 5.32 Å². The molecule has 0 aromatic rings. The summed E-state index contributed by atoms with van der Waals surface area (Å²) in [6.07, 6.45) is 3.11. The van der Waals surface area contributed by atoms with Gasteiger partial charge in [0.1, 0.15) is 0 Å². The Labute approximate surface area is 77.3 Å². The van der Waals surface area contributed by atoms with E-state index in [9.17, 15) is 8.78 Å². The van der Waals surface area contributed by atoms with Gasteiger partial charge in [-0.3, -0.25) is 0 Å². The van der Waals surface area contributed by atoms with Crippen molar-refractivity contribution in [1.29, 1.82) is 0 Å². The van der Waals surface area contributed by atoms with Crippen molar-refractivity contribution < 1.29 is 8.78 Å². The molecule has 2 aliphatic heterocycles. The van der Waals surface area contributed by atoms with Crippen LogP contribution in [0.1, 0.15) is 32.1 Å². The van der Waals surface area contributed by atoms with Crippen LogP contribution in [-0.4, -0.2) is 18.0 Å². The highest BCUT2D eigenvalue weighted by molar-refractivity contribution is 5.85. The predicted octanol–water partition coefficient (Wildman–Crippen LogP) is 2.35. The number of hydrogen-bond donors (Lipinski definition) is 1. The Morgan fingerprint density at radius 3 is 2.08 bits per heavy atom. The van der Waals surface area contributed by atoms with Crippen LogP contribution in [0.25, 0.3) is 0 Å². The van der Waals surface area contributed by atoms with Gasteiger partial charge in [0.15, 0.2) is 0 Å². The third-order valence-electron chi connectivity index (χ3n) is 2.67. The summed E-state index contributed by atoms with van der Waals surface area (Å²) in [5, 5.41) is 3.23. The molecule has 2 atom stereocenters. The second-order valence-corrected chi connectivity index (χ2v) is 3.76. The minimum atomic E-state index is -2.39. The van der Waals surface area contributed by atoms with Crippen molar-refractivity contribution in [3.8, 4) is 0 Å². The Morgan fingerprint density at radius 2 is 1.58 bits per heavy atom. The van der Waals surface area contributed by atoms with Crippen molar-refractivity contribution in [3.63, 3.8) is 0 Å². The quantitative estimate of drug-likeness (QED) is 0.629. The summed E-state index contributed by atoms with van der Waals surface area (Å²) in [4.78, 5) is 0. The summed E-state index contributed by atoms with van der Waals surface area (Å²) in [7, 11) is 0. The van der Waals surface area contributed by atoms with Gasteiger partial charge >= 0.3 is 0 Å². The Bertz CT molecular complexity index is 149. The van der Waals surface area contributed by atoms with E-state index in [-0.39, 0.29) is 37.3 Å². The van der Waals surface area contributed by atoms with E-state index < -0.39 is 5.92 Å². The molecule has 2 unspecified atom stereocenters. The van der Waals surface area contributed by atoms with Crippen LogP contribution in [0.4, 0.5) is 8.78 Å². The largest absolute Gasteiger partial charge is 0.311 e. The van der Waals surface area contributed by atoms with Gasteiger partial charge in [0.05, 0.1) is 0 Å². The number of halogens is 3. The normalized spacial score (nSPS) is 38.5. The van der Waals surface area contributed by atoms with Crippen molar-refractivity contribution in [2.75, 3.05) is 0 Å². The standard InChI is InChI=1S/C8H13F2N.ClH/c9-8(10)4-6-2-1-3-7(5-8)11-6;/h6-7,11H,1-5H2;1H. The number of rotatable bonds is 0. The lowest BCUT2D eigenvalue weighted by Crippen LogP contribution is -2.52. The molecule has 2 fully saturated rings. The summed E-state index contributed by atoms with van der Waals surface area (Å²) in [6, 6.07) is 0.190. The first kappa shape index (κ1) is 10.2. The highest BCUT2D eigenvalue weighted by atomic mass is 35.5. The van der Waals surface area contributed by atoms with Crippen molar-refractivity contribution in [2.45, 2.75) is 50.1 Å². The molecule has 0 aromatic carbocycles. The predicted molar refractivity (Wildman–Crippen MR) is 46.0 cm³/mol. The van der Waals surface area contributed by atoms with Gasteiger partial charge < -0.3 is 5.32 Å². The fraction of sp³-hybridized carbons (Fsp3) is 1.00. The Balaban J connectivity index is 0.000000720. The molecule has 0 aliphatic carbocycles. The molecule has 12 heavy (non-hydrogen) atoms. The number of alkyl halides is 2. The van der Waals surface area contributed by atoms with Crippen molar-refractivity contribution in [2.24, 2.45) is 0 Å². The molecule has 0 aromatic heterocycles. The van der Waals surface area contributed by atoms with E-state index in [0.29, 0.717) is 0 Å². The lowest BCUT2D eigenvalue weighted by molar-refractivity contribution is -0.0648. The third-order valence-corrected chi connectivity index (χ3v) is 2.67. The molecule has 72 valence electrons. The Morgan fingerprint density at radius 1 is 1.08 bits per heavy atom. The van der Waals surface area contributed by atoms with Crippen LogP contribution in [0.15, 0.2) is 0 Å². The molecule has 2 rings (SSSR count). The zero-order chi connectivity index (χ0) is 7.90. The molecule has 1 nitrogen and oxygen atoms in total. The molecule has 0 radical (unpaired) electrons. The maximum atomic E-state index is 12.9. The molecular weight excluding hydrogens is 184 g/mol. The summed E-state index contributed by atoms with van der Waals surface area (Å²) >= 11 is 0. The fourth-order valence-electron chi connectivity index (χ4n) is 2.24. The first-order valence-corrected chi connectivity index (χ1v) is 4.30. The Kier molecular flexibility index (Phi) is 2.94. The molecule has 2 saturated heterocycles. The smallest absolute Gasteiger partial charge is 0.251 e. The molecule has 2 heterocycles. The van der Waals surface area contributed by atoms with Crippen LogP contribution in [0.5, 0.6) is 0 Å². The summed E-state index contributed by atoms with van der Waals surface area (Å²) < 4.78 is 25.8. The van der Waals surface area contributed by atoms with Crippen LogP contribution in [-0.2, 0) is 0 Å². The van der Waals surface area contributed by atoms with E-state index >= 15 is 0 Å². The van der Waals surface area contributed by atoms with Crippen molar-refractivity contribution >= 4 is 12.4 Å². The van der Waals surface area contributed by atoms with Crippen LogP contribution in [0.2, 0.25) is 0 Å². The summed E-state index contributed by atoms with van der Waals surface area (Å²) in [5.74, 6) is -2.39. The summed E-state index contributed by atoms with van der Waals surface area (Å²) in [6.45, 7) is 0. The average molecular weight is 198 g/mol. The number of piperidine rings is 2. The van der Waals surface area contributed by atoms with Gasteiger partial charge in [-0.15, -0.1) is 12.4 Å². The first-order chi connectivity index (χ1) is 5.16. The van der Waals surface area contributed by atoms with Crippen LogP contribution in [0, 0.1) is 0 Å². The molecule has 0 saturated carbocycles. The van der Waals surface area contributed by atoms with Gasteiger partial charge in [-0.05, 0) is 12.8 Å². The van der Waals surface area contributed by atoms with Gasteiger partial charge in [0.25, 0.3) is 5.92 Å². The minimum Gasteiger partial charge on any atom is -0.311 e. The molecule has 2 bridgehead atoms. The monoisotopic (exact) mass is 197 g/mol. The lowest BCUT2D eigenvalue weighted by atomic mass is 9.85. The molecule has 0 spiro atoms. The van der Waals surface area contributed by atoms with Gasteiger partial charge in [0.2, 0.25) is 0 Å². The van der Waals surface area contributed by atoms with Crippen molar-refractivity contribution in [1.82, 2.24) is 5.32 Å². The van der Waals surface area contributed by atoms with Gasteiger partial charge in [-0.1, -0.05) is 6.42 Å². The molecular formula is C8H14ClF2N. The number of fused-ring (bicyclic) bond motifs is 2. The van der Waals surface area contributed by atoms with Crippen LogP contribution < -0.4 is 5.32 Å². The van der Waals surface area contributed by atoms with E-state index in [1.54, 1.807) is 0 Å². The van der Waals surface area contributed by atoms with Gasteiger partial charge in [-0.2, -0.15) is 0 Å². The van der Waals surface area contributed by atoms with Crippen LogP contribution >= 0.6 is 12.4 Å². The van der Waals surface area contributed by atoms with E-state index in [1.807, 2.05) is 0 Å². The van der Waals surface area contributed by atoms with Gasteiger partial charge in [-0.25, -0.2) is 8.78 Å². The molecule has 1 N–H and O–H groups in total. The molecule has 4 heteroatoms. The second-order valence-electron chi connectivity index (χ2n) is 3.76. The van der Waals surface area contributed by atoms with E-state index in [4.69, 9.17) is 0 Å². The molecule has 2 aliphatic rings. The maximum absolute atomic E-state index is 12.9. The topological polar surface area (TPSA) is 12.0 Å². The van der Waals surface area contributed by atoms with Crippen molar-refractivity contribution in [3.05, 3.63) is 0 Å². The third kappa shape index (κ3) is 2.07. The van der Waals surface area contributed by atoms with E-state index in [0.717, 1.165) is 19.3 Å². The van der Waals surface area contributed by atoms with Crippen LogP contribution in [0.3, 0.4) is 0 Å². The SMILES string of the molecule is Cl.FC1(F)CC2CCCC(C1)N2. The minimum absolute atomic E-state index is 0. The highest BCUT2D eigenvalue weighted by Crippen LogP contribution is 2.36. The average Bonchev–Trinajstić information content (AvgIpc) is 1.82. The van der Waals surface area contributed by atoms with E-state index in [1.165, 1.54) is 0 Å². The lowest BCUT2D eigenvalue weighted by Gasteiger charge is -2.40. The second kappa shape index (κ2) is 3.46. The molecule has 0 amide bonds. The number of hydrogen-bond acceptors (Lipinski definition) is 1.